The zero-order valence-corrected chi connectivity index (χ0v) is 7.10. The molecule has 0 N–H and O–H groups in total. The van der Waals surface area contributed by atoms with Gasteiger partial charge in [0.05, 0.1) is 0 Å². The Balaban J connectivity index is 2.77. The maximum absolute atomic E-state index is 5.19. The summed E-state index contributed by atoms with van der Waals surface area (Å²) in [5.41, 5.74) is 0. The first-order valence-electron chi connectivity index (χ1n) is 4.10. The minimum absolute atomic E-state index is 0.851. The first kappa shape index (κ1) is 9.70. The topological polar surface area (TPSA) is 9.23 Å². The van der Waals surface area contributed by atoms with E-state index < -0.39 is 0 Å². The fourth-order valence-electron chi connectivity index (χ4n) is 0.777. The van der Waals surface area contributed by atoms with Crippen LogP contribution in [0.4, 0.5) is 0 Å². The molecule has 0 aromatic carbocycles. The van der Waals surface area contributed by atoms with Crippen molar-refractivity contribution in [1.82, 2.24) is 0 Å². The van der Waals surface area contributed by atoms with Crippen LogP contribution < -0.4 is 0 Å². The van der Waals surface area contributed by atoms with E-state index >= 15 is 0 Å². The van der Waals surface area contributed by atoms with Gasteiger partial charge in [0.2, 0.25) is 0 Å². The van der Waals surface area contributed by atoms with Gasteiger partial charge in [0.15, 0.2) is 0 Å². The largest absolute Gasteiger partial charge is 0.382 e. The van der Waals surface area contributed by atoms with E-state index in [2.05, 4.69) is 19.1 Å². The van der Waals surface area contributed by atoms with Crippen molar-refractivity contribution >= 4 is 0 Å². The third-order valence-electron chi connectivity index (χ3n) is 1.35. The zero-order chi connectivity index (χ0) is 7.66. The molecule has 0 atom stereocenters. The molecule has 0 fully saturated rings. The zero-order valence-electron chi connectivity index (χ0n) is 7.10. The average Bonchev–Trinajstić information content (AvgIpc) is 1.97. The number of hydrogen-bond acceptors (Lipinski definition) is 1. The third kappa shape index (κ3) is 7.70. The number of unbranched alkanes of at least 4 members (excludes halogenated alkanes) is 2. The van der Waals surface area contributed by atoms with Crippen molar-refractivity contribution in [2.45, 2.75) is 33.1 Å². The van der Waals surface area contributed by atoms with Gasteiger partial charge in [-0.25, -0.2) is 0 Å². The lowest BCUT2D eigenvalue weighted by atomic mass is 10.2. The highest BCUT2D eigenvalue weighted by Gasteiger charge is 1.84. The molecule has 0 rings (SSSR count). The van der Waals surface area contributed by atoms with Crippen LogP contribution in [0.15, 0.2) is 12.2 Å². The molecule has 0 heterocycles. The smallest absolute Gasteiger partial charge is 0.0466 e. The van der Waals surface area contributed by atoms with Crippen molar-refractivity contribution in [1.29, 1.82) is 0 Å². The molecule has 1 heteroatoms. The summed E-state index contributed by atoms with van der Waals surface area (Å²) >= 11 is 0. The van der Waals surface area contributed by atoms with E-state index in [1.807, 2.05) is 6.92 Å². The van der Waals surface area contributed by atoms with E-state index in [1.54, 1.807) is 0 Å². The molecule has 0 spiro atoms. The molecule has 0 bridgehead atoms. The van der Waals surface area contributed by atoms with Gasteiger partial charge < -0.3 is 4.74 Å². The van der Waals surface area contributed by atoms with Gasteiger partial charge in [-0.15, -0.1) is 0 Å². The van der Waals surface area contributed by atoms with Crippen molar-refractivity contribution in [2.24, 2.45) is 0 Å². The van der Waals surface area contributed by atoms with E-state index in [4.69, 9.17) is 4.74 Å². The third-order valence-corrected chi connectivity index (χ3v) is 1.35. The second-order valence-electron chi connectivity index (χ2n) is 2.26. The van der Waals surface area contributed by atoms with Gasteiger partial charge in [-0.05, 0) is 33.1 Å². The number of ether oxygens (including phenoxy) is 1. The number of allylic oxidation sites excluding steroid dienone is 2. The standard InChI is InChI=1S/C9H18O/c1-3-5-6-7-8-9-10-4-2/h3,5H,4,6-9H2,1-2H3. The van der Waals surface area contributed by atoms with Gasteiger partial charge in [-0.3, -0.25) is 0 Å². The van der Waals surface area contributed by atoms with Gasteiger partial charge in [-0.2, -0.15) is 0 Å². The predicted molar refractivity (Wildman–Crippen MR) is 45.2 cm³/mol. The van der Waals surface area contributed by atoms with Crippen LogP contribution in [0, 0.1) is 0 Å². The molecule has 0 amide bonds. The molecule has 0 radical (unpaired) electrons. The SMILES string of the molecule is CC=CCCCCOCC. The van der Waals surface area contributed by atoms with Crippen LogP contribution >= 0.6 is 0 Å². The average molecular weight is 142 g/mol. The lowest BCUT2D eigenvalue weighted by Crippen LogP contribution is -1.92. The molecule has 60 valence electrons. The molecule has 0 saturated carbocycles. The molecule has 10 heavy (non-hydrogen) atoms. The highest BCUT2D eigenvalue weighted by molar-refractivity contribution is 4.75. The Morgan fingerprint density at radius 1 is 1.30 bits per heavy atom. The fourth-order valence-corrected chi connectivity index (χ4v) is 0.777. The second-order valence-corrected chi connectivity index (χ2v) is 2.26. The Bertz CT molecular complexity index is 76.8. The van der Waals surface area contributed by atoms with Crippen molar-refractivity contribution in [3.63, 3.8) is 0 Å². The van der Waals surface area contributed by atoms with Crippen molar-refractivity contribution in [3.05, 3.63) is 12.2 Å². The lowest BCUT2D eigenvalue weighted by molar-refractivity contribution is 0.143. The van der Waals surface area contributed by atoms with E-state index in [1.165, 1.54) is 19.3 Å². The fraction of sp³-hybridized carbons (Fsp3) is 0.778. The van der Waals surface area contributed by atoms with E-state index in [-0.39, 0.29) is 0 Å². The summed E-state index contributed by atoms with van der Waals surface area (Å²) < 4.78 is 5.19. The molecule has 0 aliphatic heterocycles. The molecule has 0 saturated heterocycles. The molecular formula is C9H18O. The van der Waals surface area contributed by atoms with Gasteiger partial charge in [0.1, 0.15) is 0 Å². The molecule has 0 aliphatic rings. The highest BCUT2D eigenvalue weighted by atomic mass is 16.5. The Morgan fingerprint density at radius 3 is 2.70 bits per heavy atom. The van der Waals surface area contributed by atoms with Crippen LogP contribution in [-0.4, -0.2) is 13.2 Å². The summed E-state index contributed by atoms with van der Waals surface area (Å²) in [4.78, 5) is 0. The predicted octanol–water partition coefficient (Wildman–Crippen LogP) is 2.77. The first-order valence-corrected chi connectivity index (χ1v) is 4.10. The van der Waals surface area contributed by atoms with Crippen LogP contribution in [0.3, 0.4) is 0 Å². The Labute approximate surface area is 64.1 Å². The molecular weight excluding hydrogens is 124 g/mol. The summed E-state index contributed by atoms with van der Waals surface area (Å²) in [6.45, 7) is 5.87. The second kappa shape index (κ2) is 8.70. The first-order chi connectivity index (χ1) is 4.91. The Hall–Kier alpha value is -0.300. The molecule has 0 aromatic rings. The molecule has 0 aromatic heterocycles. The van der Waals surface area contributed by atoms with Crippen LogP contribution in [0.25, 0.3) is 0 Å². The number of hydrogen-bond donors (Lipinski definition) is 0. The van der Waals surface area contributed by atoms with Crippen molar-refractivity contribution in [2.75, 3.05) is 13.2 Å². The highest BCUT2D eigenvalue weighted by Crippen LogP contribution is 1.96. The van der Waals surface area contributed by atoms with Gasteiger partial charge in [0, 0.05) is 13.2 Å². The number of rotatable bonds is 6. The Kier molecular flexibility index (Phi) is 8.44. The van der Waals surface area contributed by atoms with Crippen molar-refractivity contribution in [3.8, 4) is 0 Å². The Morgan fingerprint density at radius 2 is 2.10 bits per heavy atom. The van der Waals surface area contributed by atoms with Crippen LogP contribution in [-0.2, 0) is 4.74 Å². The maximum Gasteiger partial charge on any atom is 0.0466 e. The summed E-state index contributed by atoms with van der Waals surface area (Å²) in [5, 5.41) is 0. The van der Waals surface area contributed by atoms with E-state index in [0.29, 0.717) is 0 Å². The summed E-state index contributed by atoms with van der Waals surface area (Å²) in [7, 11) is 0. The van der Waals surface area contributed by atoms with Gasteiger partial charge in [0.25, 0.3) is 0 Å². The van der Waals surface area contributed by atoms with E-state index in [0.717, 1.165) is 13.2 Å². The molecule has 1 nitrogen and oxygen atoms in total. The molecule has 0 unspecified atom stereocenters. The molecule has 0 aliphatic carbocycles. The van der Waals surface area contributed by atoms with Crippen LogP contribution in [0.2, 0.25) is 0 Å². The lowest BCUT2D eigenvalue weighted by Gasteiger charge is -1.97. The van der Waals surface area contributed by atoms with Gasteiger partial charge in [-0.1, -0.05) is 12.2 Å². The monoisotopic (exact) mass is 142 g/mol. The normalized spacial score (nSPS) is 11.0. The van der Waals surface area contributed by atoms with Crippen LogP contribution in [0.1, 0.15) is 33.1 Å². The summed E-state index contributed by atoms with van der Waals surface area (Å²) in [6.07, 6.45) is 7.94. The van der Waals surface area contributed by atoms with E-state index in [9.17, 15) is 0 Å². The minimum atomic E-state index is 0.851. The van der Waals surface area contributed by atoms with Crippen LogP contribution in [0.5, 0.6) is 0 Å². The van der Waals surface area contributed by atoms with Gasteiger partial charge >= 0.3 is 0 Å². The minimum Gasteiger partial charge on any atom is -0.382 e. The van der Waals surface area contributed by atoms with Crippen molar-refractivity contribution < 1.29 is 4.74 Å². The maximum atomic E-state index is 5.19. The summed E-state index contributed by atoms with van der Waals surface area (Å²) in [6, 6.07) is 0. The summed E-state index contributed by atoms with van der Waals surface area (Å²) in [5.74, 6) is 0. The quantitative estimate of drug-likeness (QED) is 0.409.